The molecule has 1 aromatic heterocycles. The van der Waals surface area contributed by atoms with Crippen LogP contribution >= 0.6 is 0 Å². The van der Waals surface area contributed by atoms with Crippen molar-refractivity contribution in [3.63, 3.8) is 0 Å². The summed E-state index contributed by atoms with van der Waals surface area (Å²) in [4.78, 5) is 27.8. The van der Waals surface area contributed by atoms with Gasteiger partial charge in [-0.25, -0.2) is 4.98 Å². The molecule has 0 bridgehead atoms. The molecule has 0 aromatic carbocycles. The summed E-state index contributed by atoms with van der Waals surface area (Å²) < 4.78 is 5.97. The van der Waals surface area contributed by atoms with Crippen molar-refractivity contribution in [1.29, 1.82) is 0 Å². The maximum absolute atomic E-state index is 12.4. The maximum Gasteiger partial charge on any atom is 0.306 e. The van der Waals surface area contributed by atoms with E-state index in [0.29, 0.717) is 25.3 Å². The fourth-order valence-corrected chi connectivity index (χ4v) is 3.96. The van der Waals surface area contributed by atoms with E-state index < -0.39 is 11.9 Å². The third-order valence-corrected chi connectivity index (χ3v) is 5.50. The summed E-state index contributed by atoms with van der Waals surface area (Å²) in [5, 5.41) is 12.1. The molecule has 6 heteroatoms. The molecule has 2 N–H and O–H groups in total. The standard InChI is InChI=1S/C20H28N2O4/c23-19(15-5-4-6-16(12-15)20(24)25)22-13-14-9-10-21-18(11-14)26-17-7-2-1-3-8-17/h9-11,15-17H,1-8,12-13H2,(H,22,23)(H,24,25). The Kier molecular flexibility index (Phi) is 6.47. The van der Waals surface area contributed by atoms with E-state index in [1.54, 1.807) is 6.20 Å². The molecular weight excluding hydrogens is 332 g/mol. The van der Waals surface area contributed by atoms with E-state index in [1.807, 2.05) is 12.1 Å². The van der Waals surface area contributed by atoms with Crippen molar-refractivity contribution in [2.24, 2.45) is 11.8 Å². The van der Waals surface area contributed by atoms with Crippen LogP contribution in [0.3, 0.4) is 0 Å². The van der Waals surface area contributed by atoms with E-state index in [-0.39, 0.29) is 17.9 Å². The maximum atomic E-state index is 12.4. The molecule has 26 heavy (non-hydrogen) atoms. The van der Waals surface area contributed by atoms with Crippen LogP contribution in [-0.4, -0.2) is 28.1 Å². The van der Waals surface area contributed by atoms with Crippen LogP contribution in [0.15, 0.2) is 18.3 Å². The predicted molar refractivity (Wildman–Crippen MR) is 96.7 cm³/mol. The Bertz CT molecular complexity index is 628. The Morgan fingerprint density at radius 2 is 1.88 bits per heavy atom. The van der Waals surface area contributed by atoms with E-state index in [9.17, 15) is 9.59 Å². The molecule has 2 aliphatic rings. The van der Waals surface area contributed by atoms with Crippen LogP contribution < -0.4 is 10.1 Å². The predicted octanol–water partition coefficient (Wildman–Crippen LogP) is 3.30. The van der Waals surface area contributed by atoms with Crippen molar-refractivity contribution in [2.45, 2.75) is 70.4 Å². The summed E-state index contributed by atoms with van der Waals surface area (Å²) in [5.41, 5.74) is 0.949. The van der Waals surface area contributed by atoms with Gasteiger partial charge in [0.2, 0.25) is 11.8 Å². The second-order valence-electron chi connectivity index (χ2n) is 7.50. The molecule has 0 radical (unpaired) electrons. The highest BCUT2D eigenvalue weighted by molar-refractivity contribution is 5.80. The highest BCUT2D eigenvalue weighted by Crippen LogP contribution is 2.29. The quantitative estimate of drug-likeness (QED) is 0.812. The lowest BCUT2D eigenvalue weighted by Crippen LogP contribution is -2.35. The lowest BCUT2D eigenvalue weighted by Gasteiger charge is -2.25. The van der Waals surface area contributed by atoms with Crippen LogP contribution in [0.2, 0.25) is 0 Å². The van der Waals surface area contributed by atoms with Gasteiger partial charge in [0.1, 0.15) is 6.10 Å². The number of aromatic nitrogens is 1. The summed E-state index contributed by atoms with van der Waals surface area (Å²) >= 11 is 0. The lowest BCUT2D eigenvalue weighted by molar-refractivity contribution is -0.144. The molecule has 0 saturated heterocycles. The van der Waals surface area contributed by atoms with Gasteiger partial charge in [-0.15, -0.1) is 0 Å². The van der Waals surface area contributed by atoms with Gasteiger partial charge in [0.25, 0.3) is 0 Å². The van der Waals surface area contributed by atoms with Gasteiger partial charge >= 0.3 is 5.97 Å². The van der Waals surface area contributed by atoms with E-state index in [1.165, 1.54) is 19.3 Å². The van der Waals surface area contributed by atoms with Crippen LogP contribution in [0.4, 0.5) is 0 Å². The van der Waals surface area contributed by atoms with Crippen molar-refractivity contribution >= 4 is 11.9 Å². The average molecular weight is 360 g/mol. The van der Waals surface area contributed by atoms with Crippen molar-refractivity contribution in [3.05, 3.63) is 23.9 Å². The Balaban J connectivity index is 1.50. The molecule has 6 nitrogen and oxygen atoms in total. The molecule has 2 saturated carbocycles. The van der Waals surface area contributed by atoms with E-state index in [4.69, 9.17) is 9.84 Å². The monoisotopic (exact) mass is 360 g/mol. The summed E-state index contributed by atoms with van der Waals surface area (Å²) in [6, 6.07) is 3.75. The van der Waals surface area contributed by atoms with Crippen LogP contribution in [0.25, 0.3) is 0 Å². The number of ether oxygens (including phenoxy) is 1. The second kappa shape index (κ2) is 9.01. The molecule has 2 fully saturated rings. The normalized spacial score (nSPS) is 24.0. The number of aliphatic carboxylic acids is 1. The van der Waals surface area contributed by atoms with Crippen LogP contribution in [-0.2, 0) is 16.1 Å². The van der Waals surface area contributed by atoms with Gasteiger partial charge in [0.15, 0.2) is 0 Å². The zero-order valence-corrected chi connectivity index (χ0v) is 15.2. The number of rotatable bonds is 6. The van der Waals surface area contributed by atoms with Crippen molar-refractivity contribution < 1.29 is 19.4 Å². The van der Waals surface area contributed by atoms with E-state index in [2.05, 4.69) is 10.3 Å². The highest BCUT2D eigenvalue weighted by Gasteiger charge is 2.30. The Morgan fingerprint density at radius 3 is 2.65 bits per heavy atom. The number of pyridine rings is 1. The Hall–Kier alpha value is -2.11. The molecule has 3 rings (SSSR count). The highest BCUT2D eigenvalue weighted by atomic mass is 16.5. The number of hydrogen-bond acceptors (Lipinski definition) is 4. The minimum Gasteiger partial charge on any atom is -0.481 e. The molecule has 2 atom stereocenters. The first-order valence-electron chi connectivity index (χ1n) is 9.74. The average Bonchev–Trinajstić information content (AvgIpc) is 2.67. The van der Waals surface area contributed by atoms with Crippen molar-refractivity contribution in [1.82, 2.24) is 10.3 Å². The van der Waals surface area contributed by atoms with E-state index in [0.717, 1.165) is 31.2 Å². The second-order valence-corrected chi connectivity index (χ2v) is 7.50. The summed E-state index contributed by atoms with van der Waals surface area (Å²) in [6.45, 7) is 0.413. The van der Waals surface area contributed by atoms with Crippen LogP contribution in [0.5, 0.6) is 5.88 Å². The fraction of sp³-hybridized carbons (Fsp3) is 0.650. The van der Waals surface area contributed by atoms with E-state index >= 15 is 0 Å². The number of carboxylic acid groups (broad SMARTS) is 1. The first-order valence-corrected chi connectivity index (χ1v) is 9.74. The van der Waals surface area contributed by atoms with Gasteiger partial charge in [-0.3, -0.25) is 9.59 Å². The van der Waals surface area contributed by atoms with Gasteiger partial charge in [-0.2, -0.15) is 0 Å². The SMILES string of the molecule is O=C(O)C1CCCC(C(=O)NCc2ccnc(OC3CCCCC3)c2)C1. The van der Waals surface area contributed by atoms with Crippen molar-refractivity contribution in [3.8, 4) is 5.88 Å². The van der Waals surface area contributed by atoms with Gasteiger partial charge in [0.05, 0.1) is 5.92 Å². The molecule has 1 heterocycles. The molecule has 1 amide bonds. The number of carbonyl (C=O) groups excluding carboxylic acids is 1. The zero-order chi connectivity index (χ0) is 18.4. The van der Waals surface area contributed by atoms with Crippen LogP contribution in [0.1, 0.15) is 63.4 Å². The third kappa shape index (κ3) is 5.19. The Labute approximate surface area is 154 Å². The molecule has 2 aliphatic carbocycles. The topological polar surface area (TPSA) is 88.5 Å². The lowest BCUT2D eigenvalue weighted by atomic mass is 9.81. The van der Waals surface area contributed by atoms with Gasteiger partial charge in [0, 0.05) is 24.7 Å². The number of carboxylic acids is 1. The molecule has 2 unspecified atom stereocenters. The number of hydrogen-bond donors (Lipinski definition) is 2. The first-order chi connectivity index (χ1) is 12.6. The van der Waals surface area contributed by atoms with Crippen molar-refractivity contribution in [2.75, 3.05) is 0 Å². The third-order valence-electron chi connectivity index (χ3n) is 5.50. The minimum absolute atomic E-state index is 0.0532. The molecule has 1 aromatic rings. The summed E-state index contributed by atoms with van der Waals surface area (Å²) in [5.74, 6) is -0.823. The van der Waals surface area contributed by atoms with Crippen LogP contribution in [0, 0.1) is 11.8 Å². The fourth-order valence-electron chi connectivity index (χ4n) is 3.96. The summed E-state index contributed by atoms with van der Waals surface area (Å²) in [7, 11) is 0. The molecule has 0 aliphatic heterocycles. The number of carbonyl (C=O) groups is 2. The Morgan fingerprint density at radius 1 is 1.12 bits per heavy atom. The largest absolute Gasteiger partial charge is 0.481 e. The minimum atomic E-state index is -0.791. The number of nitrogens with one attached hydrogen (secondary N) is 1. The van der Waals surface area contributed by atoms with Gasteiger partial charge < -0.3 is 15.2 Å². The molecule has 142 valence electrons. The zero-order valence-electron chi connectivity index (χ0n) is 15.2. The number of amides is 1. The summed E-state index contributed by atoms with van der Waals surface area (Å²) in [6.07, 6.45) is 10.5. The molecule has 0 spiro atoms. The van der Waals surface area contributed by atoms with Gasteiger partial charge in [-0.05, 0) is 56.6 Å². The number of nitrogens with zero attached hydrogens (tertiary/aromatic N) is 1. The smallest absolute Gasteiger partial charge is 0.306 e. The van der Waals surface area contributed by atoms with Gasteiger partial charge in [-0.1, -0.05) is 12.8 Å². The first kappa shape index (κ1) is 18.7. The molecular formula is C20H28N2O4.